The molecule has 31 heavy (non-hydrogen) atoms. The van der Waals surface area contributed by atoms with Gasteiger partial charge in [0.05, 0.1) is 29.8 Å². The van der Waals surface area contributed by atoms with Crippen LogP contribution in [0.15, 0.2) is 18.2 Å². The number of esters is 1. The van der Waals surface area contributed by atoms with Gasteiger partial charge in [-0.3, -0.25) is 14.4 Å². The van der Waals surface area contributed by atoms with Crippen molar-refractivity contribution in [2.45, 2.75) is 48.1 Å². The molecule has 3 heterocycles. The van der Waals surface area contributed by atoms with Gasteiger partial charge in [-0.2, -0.15) is 0 Å². The van der Waals surface area contributed by atoms with Crippen molar-refractivity contribution < 1.29 is 24.2 Å². The van der Waals surface area contributed by atoms with Crippen LogP contribution in [0.25, 0.3) is 0 Å². The molecule has 6 atom stereocenters. The average Bonchev–Trinajstić information content (AvgIpc) is 3.29. The summed E-state index contributed by atoms with van der Waals surface area (Å²) in [5.74, 6) is -2.14. The topological polar surface area (TPSA) is 95.9 Å². The van der Waals surface area contributed by atoms with Crippen LogP contribution in [0.1, 0.15) is 24.5 Å². The van der Waals surface area contributed by atoms with E-state index in [1.54, 1.807) is 18.7 Å². The standard InChI is InChI=1S/C22H27BrN2O5S/c1-4-30-21(29)14-15-20(28)25(8-9-26)18(22(15)10-13(23)17(14)31-22)19(27)24-16-11(2)6-5-7-12(16)3/h5-7,13-15,17-18,26H,4,8-10H2,1-3H3,(H,24,27)/t13?,14-,15-,17-,18?,22?/m0/s1. The van der Waals surface area contributed by atoms with Crippen LogP contribution in [0.3, 0.4) is 0 Å². The second-order valence-corrected chi connectivity index (χ2v) is 11.1. The Bertz CT molecular complexity index is 907. The summed E-state index contributed by atoms with van der Waals surface area (Å²) in [4.78, 5) is 41.4. The van der Waals surface area contributed by atoms with Crippen molar-refractivity contribution in [1.29, 1.82) is 0 Å². The Morgan fingerprint density at radius 3 is 2.65 bits per heavy atom. The number of nitrogens with zero attached hydrogens (tertiary/aromatic N) is 1. The van der Waals surface area contributed by atoms with Gasteiger partial charge in [0, 0.05) is 22.3 Å². The number of fused-ring (bicyclic) bond motifs is 1. The van der Waals surface area contributed by atoms with Gasteiger partial charge in [0.25, 0.3) is 0 Å². The lowest BCUT2D eigenvalue weighted by Crippen LogP contribution is -2.53. The number of amides is 2. The monoisotopic (exact) mass is 510 g/mol. The lowest BCUT2D eigenvalue weighted by molar-refractivity contribution is -0.153. The number of likely N-dealkylation sites (tertiary alicyclic amines) is 1. The summed E-state index contributed by atoms with van der Waals surface area (Å²) in [5, 5.41) is 12.5. The van der Waals surface area contributed by atoms with Gasteiger partial charge in [-0.15, -0.1) is 11.8 Å². The molecular weight excluding hydrogens is 484 g/mol. The van der Waals surface area contributed by atoms with Crippen LogP contribution in [-0.2, 0) is 19.1 Å². The zero-order chi connectivity index (χ0) is 22.5. The summed E-state index contributed by atoms with van der Waals surface area (Å²) in [6.07, 6.45) is 0.599. The van der Waals surface area contributed by atoms with Crippen molar-refractivity contribution >= 4 is 51.2 Å². The number of rotatable bonds is 6. The number of aliphatic hydroxyl groups excluding tert-OH is 1. The lowest BCUT2D eigenvalue weighted by Gasteiger charge is -2.35. The van der Waals surface area contributed by atoms with Gasteiger partial charge < -0.3 is 20.1 Å². The van der Waals surface area contributed by atoms with Crippen molar-refractivity contribution in [2.75, 3.05) is 25.1 Å². The Labute approximate surface area is 194 Å². The number of β-amino-alcohol motifs (C(OH)–C–C–N with tert-alkyl or cyclic N) is 1. The molecule has 3 saturated heterocycles. The van der Waals surface area contributed by atoms with Crippen LogP contribution < -0.4 is 5.32 Å². The van der Waals surface area contributed by atoms with Crippen LogP contribution in [-0.4, -0.2) is 68.4 Å². The first-order valence-electron chi connectivity index (χ1n) is 10.5. The van der Waals surface area contributed by atoms with Crippen molar-refractivity contribution in [3.05, 3.63) is 29.3 Å². The van der Waals surface area contributed by atoms with Gasteiger partial charge >= 0.3 is 5.97 Å². The molecule has 0 radical (unpaired) electrons. The van der Waals surface area contributed by atoms with E-state index in [0.29, 0.717) is 6.42 Å². The third-order valence-electron chi connectivity index (χ3n) is 6.67. The van der Waals surface area contributed by atoms with Gasteiger partial charge in [-0.05, 0) is 38.3 Å². The Morgan fingerprint density at radius 2 is 2.03 bits per heavy atom. The van der Waals surface area contributed by atoms with Crippen LogP contribution >= 0.6 is 27.7 Å². The van der Waals surface area contributed by atoms with Crippen LogP contribution in [0.5, 0.6) is 0 Å². The number of nitrogens with one attached hydrogen (secondary N) is 1. The highest BCUT2D eigenvalue weighted by atomic mass is 79.9. The fraction of sp³-hybridized carbons (Fsp3) is 0.591. The second kappa shape index (κ2) is 8.41. The van der Waals surface area contributed by atoms with Gasteiger partial charge in [0.2, 0.25) is 11.8 Å². The molecule has 1 aromatic carbocycles. The van der Waals surface area contributed by atoms with Crippen molar-refractivity contribution in [1.82, 2.24) is 4.90 Å². The molecule has 2 bridgehead atoms. The molecule has 2 N–H and O–H groups in total. The molecule has 3 unspecified atom stereocenters. The van der Waals surface area contributed by atoms with E-state index in [2.05, 4.69) is 21.2 Å². The molecule has 0 aromatic heterocycles. The largest absolute Gasteiger partial charge is 0.466 e. The summed E-state index contributed by atoms with van der Waals surface area (Å²) in [6, 6.07) is 5.01. The molecule has 3 aliphatic heterocycles. The number of aliphatic hydroxyl groups is 1. The zero-order valence-corrected chi connectivity index (χ0v) is 20.2. The molecule has 7 nitrogen and oxygen atoms in total. The van der Waals surface area contributed by atoms with Crippen molar-refractivity contribution in [3.63, 3.8) is 0 Å². The summed E-state index contributed by atoms with van der Waals surface area (Å²) in [5.41, 5.74) is 2.61. The Balaban J connectivity index is 1.74. The predicted octanol–water partition coefficient (Wildman–Crippen LogP) is 2.26. The Kier molecular flexibility index (Phi) is 6.13. The first-order valence-corrected chi connectivity index (χ1v) is 12.3. The number of hydrogen-bond acceptors (Lipinski definition) is 6. The highest BCUT2D eigenvalue weighted by Crippen LogP contribution is 2.67. The quantitative estimate of drug-likeness (QED) is 0.450. The number of carbonyl (C=O) groups is 3. The van der Waals surface area contributed by atoms with E-state index in [1.165, 1.54) is 4.90 Å². The second-order valence-electron chi connectivity index (χ2n) is 8.43. The Hall–Kier alpha value is -1.58. The van der Waals surface area contributed by atoms with E-state index in [1.807, 2.05) is 32.0 Å². The molecule has 3 aliphatic rings. The lowest BCUT2D eigenvalue weighted by atomic mass is 9.71. The minimum absolute atomic E-state index is 0.000491. The summed E-state index contributed by atoms with van der Waals surface area (Å²) in [7, 11) is 0. The highest BCUT2D eigenvalue weighted by Gasteiger charge is 2.75. The average molecular weight is 511 g/mol. The minimum atomic E-state index is -0.773. The van der Waals surface area contributed by atoms with Gasteiger partial charge in [0.1, 0.15) is 6.04 Å². The smallest absolute Gasteiger partial charge is 0.310 e. The molecule has 4 rings (SSSR count). The summed E-state index contributed by atoms with van der Waals surface area (Å²) in [6.45, 7) is 5.64. The normalized spacial score (nSPS) is 33.5. The maximum absolute atomic E-state index is 13.7. The highest BCUT2D eigenvalue weighted by molar-refractivity contribution is 9.09. The van der Waals surface area contributed by atoms with E-state index >= 15 is 0 Å². The number of carbonyl (C=O) groups excluding carboxylic acids is 3. The molecule has 2 amide bonds. The number of thioether (sulfide) groups is 1. The number of ether oxygens (including phenoxy) is 1. The molecule has 9 heteroatoms. The molecule has 168 valence electrons. The zero-order valence-electron chi connectivity index (χ0n) is 17.8. The summed E-state index contributed by atoms with van der Waals surface area (Å²) < 4.78 is 4.57. The molecule has 3 fully saturated rings. The molecule has 1 spiro atoms. The minimum Gasteiger partial charge on any atom is -0.466 e. The van der Waals surface area contributed by atoms with Gasteiger partial charge in [-0.25, -0.2) is 0 Å². The SMILES string of the molecule is CCOC(=O)[C@H]1[C@H]2C(=O)N(CCO)C(C(=O)Nc3c(C)cccc3C)C23CC(Br)[C@@H]1S3. The Morgan fingerprint density at radius 1 is 1.35 bits per heavy atom. The van der Waals surface area contributed by atoms with Gasteiger partial charge in [0.15, 0.2) is 0 Å². The van der Waals surface area contributed by atoms with E-state index < -0.39 is 22.6 Å². The van der Waals surface area contributed by atoms with Crippen LogP contribution in [0.4, 0.5) is 5.69 Å². The predicted molar refractivity (Wildman–Crippen MR) is 122 cm³/mol. The number of para-hydroxylation sites is 1. The maximum Gasteiger partial charge on any atom is 0.310 e. The van der Waals surface area contributed by atoms with E-state index in [9.17, 15) is 19.5 Å². The molecule has 0 saturated carbocycles. The third kappa shape index (κ3) is 3.40. The van der Waals surface area contributed by atoms with E-state index in [4.69, 9.17) is 4.74 Å². The van der Waals surface area contributed by atoms with E-state index in [0.717, 1.165) is 16.8 Å². The third-order valence-corrected chi connectivity index (χ3v) is 9.89. The number of aryl methyl sites for hydroxylation is 2. The number of hydrogen-bond donors (Lipinski definition) is 2. The fourth-order valence-electron chi connectivity index (χ4n) is 5.49. The van der Waals surface area contributed by atoms with Gasteiger partial charge in [-0.1, -0.05) is 34.1 Å². The van der Waals surface area contributed by atoms with Crippen LogP contribution in [0.2, 0.25) is 0 Å². The maximum atomic E-state index is 13.7. The summed E-state index contributed by atoms with van der Waals surface area (Å²) >= 11 is 5.25. The number of benzene rings is 1. The number of anilines is 1. The first-order chi connectivity index (χ1) is 14.8. The van der Waals surface area contributed by atoms with Crippen molar-refractivity contribution in [2.24, 2.45) is 11.8 Å². The first kappa shape index (κ1) is 22.6. The number of halogens is 1. The van der Waals surface area contributed by atoms with Crippen LogP contribution in [0, 0.1) is 25.7 Å². The number of alkyl halides is 1. The molecule has 1 aromatic rings. The van der Waals surface area contributed by atoms with E-state index in [-0.39, 0.29) is 47.6 Å². The van der Waals surface area contributed by atoms with Crippen molar-refractivity contribution in [3.8, 4) is 0 Å². The molecule has 0 aliphatic carbocycles. The fourth-order valence-corrected chi connectivity index (χ4v) is 9.09. The molecular formula is C22H27BrN2O5S.